The number of nitrogens with zero attached hydrogens (tertiary/aromatic N) is 1. The van der Waals surface area contributed by atoms with Gasteiger partial charge in [0.2, 0.25) is 0 Å². The number of aliphatic hydroxyl groups excluding tert-OH is 1. The summed E-state index contributed by atoms with van der Waals surface area (Å²) in [6, 6.07) is 8.49. The maximum Gasteiger partial charge on any atom is 0.408 e. The van der Waals surface area contributed by atoms with Crippen LogP contribution in [0, 0.1) is 11.3 Å². The zero-order valence-corrected chi connectivity index (χ0v) is 13.5. The molecule has 1 aromatic rings. The van der Waals surface area contributed by atoms with Crippen LogP contribution >= 0.6 is 0 Å². The van der Waals surface area contributed by atoms with Crippen molar-refractivity contribution in [3.05, 3.63) is 29.8 Å². The molecule has 0 aromatic heterocycles. The third kappa shape index (κ3) is 4.37. The third-order valence-corrected chi connectivity index (χ3v) is 3.12. The lowest BCUT2D eigenvalue weighted by atomic mass is 9.87. The Labute approximate surface area is 130 Å². The Kier molecular flexibility index (Phi) is 5.39. The summed E-state index contributed by atoms with van der Waals surface area (Å²) >= 11 is 0. The molecule has 1 amide bonds. The number of carbonyl (C=O) groups excluding carboxylic acids is 1. The van der Waals surface area contributed by atoms with Gasteiger partial charge in [0.15, 0.2) is 6.10 Å². The number of nitriles is 1. The first kappa shape index (κ1) is 17.8. The molecule has 0 aliphatic carbocycles. The van der Waals surface area contributed by atoms with Gasteiger partial charge >= 0.3 is 6.09 Å². The number of rotatable bonds is 4. The molecule has 6 heteroatoms. The summed E-state index contributed by atoms with van der Waals surface area (Å²) < 4.78 is 10.3. The van der Waals surface area contributed by atoms with Gasteiger partial charge in [-0.25, -0.2) is 4.79 Å². The molecule has 0 fully saturated rings. The molecule has 6 nitrogen and oxygen atoms in total. The zero-order chi connectivity index (χ0) is 17.0. The van der Waals surface area contributed by atoms with Gasteiger partial charge in [0.25, 0.3) is 0 Å². The number of hydrogen-bond donors (Lipinski definition) is 2. The fraction of sp³-hybridized carbons (Fsp3) is 0.500. The van der Waals surface area contributed by atoms with Crippen molar-refractivity contribution >= 4 is 6.09 Å². The van der Waals surface area contributed by atoms with Crippen molar-refractivity contribution < 1.29 is 19.4 Å². The van der Waals surface area contributed by atoms with Crippen molar-refractivity contribution in [1.29, 1.82) is 5.26 Å². The summed E-state index contributed by atoms with van der Waals surface area (Å²) in [5, 5.41) is 21.7. The standard InChI is InChI=1S/C16H22N2O4/c1-15(2,3)22-14(20)18-16(4,13(19)10-17)11-6-8-12(21-5)9-7-11/h6-9,13,19H,1-5H3,(H,18,20). The molecule has 1 rings (SSSR count). The molecule has 2 N–H and O–H groups in total. The number of benzene rings is 1. The van der Waals surface area contributed by atoms with Crippen LogP contribution in [0.25, 0.3) is 0 Å². The molecule has 0 heterocycles. The first-order valence-corrected chi connectivity index (χ1v) is 6.86. The van der Waals surface area contributed by atoms with Gasteiger partial charge in [-0.1, -0.05) is 12.1 Å². The highest BCUT2D eigenvalue weighted by Crippen LogP contribution is 2.27. The maximum absolute atomic E-state index is 12.0. The predicted octanol–water partition coefficient (Wildman–Crippen LogP) is 2.32. The lowest BCUT2D eigenvalue weighted by Gasteiger charge is -2.33. The van der Waals surface area contributed by atoms with E-state index in [-0.39, 0.29) is 0 Å². The highest BCUT2D eigenvalue weighted by Gasteiger charge is 2.38. The molecule has 120 valence electrons. The number of amides is 1. The van der Waals surface area contributed by atoms with Crippen LogP contribution in [-0.4, -0.2) is 30.0 Å². The van der Waals surface area contributed by atoms with E-state index in [1.165, 1.54) is 7.11 Å². The minimum absolute atomic E-state index is 0.563. The van der Waals surface area contributed by atoms with E-state index in [1.807, 2.05) is 0 Å². The monoisotopic (exact) mass is 306 g/mol. The number of alkyl carbamates (subject to hydrolysis) is 1. The van der Waals surface area contributed by atoms with Crippen LogP contribution in [0.3, 0.4) is 0 Å². The van der Waals surface area contributed by atoms with Crippen LogP contribution in [0.1, 0.15) is 33.3 Å². The van der Waals surface area contributed by atoms with E-state index in [0.29, 0.717) is 11.3 Å². The summed E-state index contributed by atoms with van der Waals surface area (Å²) in [5.41, 5.74) is -1.42. The predicted molar refractivity (Wildman–Crippen MR) is 81.3 cm³/mol. The first-order valence-electron chi connectivity index (χ1n) is 6.86. The molecular weight excluding hydrogens is 284 g/mol. The molecule has 0 aliphatic rings. The highest BCUT2D eigenvalue weighted by molar-refractivity contribution is 5.69. The van der Waals surface area contributed by atoms with Crippen LogP contribution in [-0.2, 0) is 10.3 Å². The van der Waals surface area contributed by atoms with E-state index >= 15 is 0 Å². The number of nitrogens with one attached hydrogen (secondary N) is 1. The highest BCUT2D eigenvalue weighted by atomic mass is 16.6. The molecule has 2 unspecified atom stereocenters. The minimum Gasteiger partial charge on any atom is -0.497 e. The smallest absolute Gasteiger partial charge is 0.408 e. The van der Waals surface area contributed by atoms with Crippen molar-refractivity contribution in [2.24, 2.45) is 0 Å². The van der Waals surface area contributed by atoms with Gasteiger partial charge in [-0.15, -0.1) is 0 Å². The summed E-state index contributed by atoms with van der Waals surface area (Å²) in [6.45, 7) is 6.76. The molecule has 0 radical (unpaired) electrons. The molecule has 0 spiro atoms. The van der Waals surface area contributed by atoms with Gasteiger partial charge in [0.1, 0.15) is 16.9 Å². The topological polar surface area (TPSA) is 91.6 Å². The first-order chi connectivity index (χ1) is 10.1. The second kappa shape index (κ2) is 6.67. The van der Waals surface area contributed by atoms with Gasteiger partial charge in [-0.2, -0.15) is 5.26 Å². The van der Waals surface area contributed by atoms with E-state index in [2.05, 4.69) is 5.32 Å². The Bertz CT molecular complexity index is 557. The van der Waals surface area contributed by atoms with E-state index in [4.69, 9.17) is 14.7 Å². The van der Waals surface area contributed by atoms with Gasteiger partial charge in [-0.3, -0.25) is 0 Å². The van der Waals surface area contributed by atoms with Crippen molar-refractivity contribution in [2.45, 2.75) is 44.9 Å². The van der Waals surface area contributed by atoms with E-state index < -0.39 is 23.3 Å². The number of aliphatic hydroxyl groups is 1. The normalized spacial score (nSPS) is 15.1. The lowest BCUT2D eigenvalue weighted by Crippen LogP contribution is -2.52. The Morgan fingerprint density at radius 3 is 2.23 bits per heavy atom. The van der Waals surface area contributed by atoms with Crippen molar-refractivity contribution in [2.75, 3.05) is 7.11 Å². The quantitative estimate of drug-likeness (QED) is 0.833. The zero-order valence-electron chi connectivity index (χ0n) is 13.5. The maximum atomic E-state index is 12.0. The Morgan fingerprint density at radius 2 is 1.82 bits per heavy atom. The molecule has 22 heavy (non-hydrogen) atoms. The van der Waals surface area contributed by atoms with Crippen LogP contribution in [0.2, 0.25) is 0 Å². The SMILES string of the molecule is COc1ccc(C(C)(NC(=O)OC(C)(C)C)C(O)C#N)cc1. The second-order valence-corrected chi connectivity index (χ2v) is 6.09. The van der Waals surface area contributed by atoms with Crippen molar-refractivity contribution in [3.8, 4) is 11.8 Å². The number of carbonyl (C=O) groups is 1. The average molecular weight is 306 g/mol. The van der Waals surface area contributed by atoms with E-state index in [0.717, 1.165) is 0 Å². The Hall–Kier alpha value is -2.26. The number of methoxy groups -OCH3 is 1. The van der Waals surface area contributed by atoms with Gasteiger partial charge < -0.3 is 19.9 Å². The summed E-state index contributed by atoms with van der Waals surface area (Å²) in [4.78, 5) is 12.0. The number of hydrogen-bond acceptors (Lipinski definition) is 5. The van der Waals surface area contributed by atoms with E-state index in [9.17, 15) is 9.90 Å². The Balaban J connectivity index is 3.09. The average Bonchev–Trinajstić information content (AvgIpc) is 2.44. The van der Waals surface area contributed by atoms with Crippen molar-refractivity contribution in [3.63, 3.8) is 0 Å². The van der Waals surface area contributed by atoms with Crippen LogP contribution in [0.4, 0.5) is 4.79 Å². The van der Waals surface area contributed by atoms with Crippen LogP contribution < -0.4 is 10.1 Å². The Morgan fingerprint density at radius 1 is 1.27 bits per heavy atom. The fourth-order valence-corrected chi connectivity index (χ4v) is 1.88. The number of ether oxygens (including phenoxy) is 2. The second-order valence-electron chi connectivity index (χ2n) is 6.09. The van der Waals surface area contributed by atoms with Gasteiger partial charge in [0, 0.05) is 0 Å². The molecule has 0 bridgehead atoms. The largest absolute Gasteiger partial charge is 0.497 e. The summed E-state index contributed by atoms with van der Waals surface area (Å²) in [7, 11) is 1.54. The summed E-state index contributed by atoms with van der Waals surface area (Å²) in [5.74, 6) is 0.634. The molecule has 1 aromatic carbocycles. The summed E-state index contributed by atoms with van der Waals surface area (Å²) in [6.07, 6.45) is -2.14. The molecule has 2 atom stereocenters. The lowest BCUT2D eigenvalue weighted by molar-refractivity contribution is 0.0346. The van der Waals surface area contributed by atoms with Gasteiger partial charge in [0.05, 0.1) is 13.2 Å². The molecule has 0 saturated carbocycles. The van der Waals surface area contributed by atoms with E-state index in [1.54, 1.807) is 58.0 Å². The molecule has 0 aliphatic heterocycles. The molecular formula is C16H22N2O4. The van der Waals surface area contributed by atoms with Crippen LogP contribution in [0.5, 0.6) is 5.75 Å². The molecule has 0 saturated heterocycles. The minimum atomic E-state index is -1.44. The fourth-order valence-electron chi connectivity index (χ4n) is 1.88. The third-order valence-electron chi connectivity index (χ3n) is 3.12. The van der Waals surface area contributed by atoms with Crippen molar-refractivity contribution in [1.82, 2.24) is 5.32 Å². The van der Waals surface area contributed by atoms with Gasteiger partial charge in [-0.05, 0) is 45.4 Å². The van der Waals surface area contributed by atoms with Crippen LogP contribution in [0.15, 0.2) is 24.3 Å².